The Bertz CT molecular complexity index is 386. The van der Waals surface area contributed by atoms with Crippen molar-refractivity contribution >= 4 is 5.69 Å². The van der Waals surface area contributed by atoms with Gasteiger partial charge >= 0.3 is 0 Å². The van der Waals surface area contributed by atoms with Crippen molar-refractivity contribution in [2.45, 2.75) is 59.2 Å². The van der Waals surface area contributed by atoms with Gasteiger partial charge < -0.3 is 10.2 Å². The second-order valence-electron chi connectivity index (χ2n) is 5.36. The van der Waals surface area contributed by atoms with Crippen molar-refractivity contribution in [1.29, 1.82) is 0 Å². The molecule has 2 nitrogen and oxygen atoms in total. The molecule has 0 aromatic heterocycles. The van der Waals surface area contributed by atoms with Gasteiger partial charge in [0.15, 0.2) is 0 Å². The number of anilines is 1. The molecule has 0 atom stereocenters. The molecule has 0 radical (unpaired) electrons. The molecular weight excluding hydrogens is 239 g/mol. The number of nitrogens with zero attached hydrogens (tertiary/aromatic N) is 1. The Morgan fingerprint density at radius 2 is 1.84 bits per heavy atom. The third kappa shape index (κ3) is 4.20. The van der Waals surface area contributed by atoms with E-state index >= 15 is 0 Å². The van der Waals surface area contributed by atoms with Crippen LogP contribution in [-0.2, 0) is 6.54 Å². The molecule has 0 aliphatic heterocycles. The molecule has 0 unspecified atom stereocenters. The minimum Gasteiger partial charge on any atom is -0.369 e. The molecule has 0 saturated carbocycles. The number of hydrogen-bond acceptors (Lipinski definition) is 2. The van der Waals surface area contributed by atoms with Gasteiger partial charge in [-0.2, -0.15) is 0 Å². The lowest BCUT2D eigenvalue weighted by molar-refractivity contribution is 0.552. The van der Waals surface area contributed by atoms with Gasteiger partial charge in [0.05, 0.1) is 5.69 Å². The smallest absolute Gasteiger partial charge is 0.146 e. The summed E-state index contributed by atoms with van der Waals surface area (Å²) < 4.78 is 14.2. The first-order valence-corrected chi connectivity index (χ1v) is 7.24. The Labute approximate surface area is 117 Å². The van der Waals surface area contributed by atoms with Gasteiger partial charge in [-0.15, -0.1) is 0 Å². The van der Waals surface area contributed by atoms with Gasteiger partial charge in [-0.05, 0) is 24.5 Å². The SMILES string of the molecule is CCC(CC)N(C)c1c(F)cccc1CNC(C)C. The van der Waals surface area contributed by atoms with Crippen molar-refractivity contribution in [2.75, 3.05) is 11.9 Å². The van der Waals surface area contributed by atoms with Crippen molar-refractivity contribution < 1.29 is 4.39 Å². The number of benzene rings is 1. The summed E-state index contributed by atoms with van der Waals surface area (Å²) in [5.74, 6) is -0.127. The van der Waals surface area contributed by atoms with Crippen LogP contribution in [0.4, 0.5) is 10.1 Å². The van der Waals surface area contributed by atoms with Crippen LogP contribution in [0.15, 0.2) is 18.2 Å². The summed E-state index contributed by atoms with van der Waals surface area (Å²) in [6, 6.07) is 6.13. The molecule has 0 amide bonds. The standard InChI is InChI=1S/C16H27FN2/c1-6-14(7-2)19(5)16-13(11-18-12(3)4)9-8-10-15(16)17/h8-10,12,14,18H,6-7,11H2,1-5H3. The van der Waals surface area contributed by atoms with Crippen LogP contribution in [0.1, 0.15) is 46.1 Å². The molecule has 0 bridgehead atoms. The minimum absolute atomic E-state index is 0.127. The van der Waals surface area contributed by atoms with Gasteiger partial charge in [-0.1, -0.05) is 39.8 Å². The first-order valence-electron chi connectivity index (χ1n) is 7.24. The van der Waals surface area contributed by atoms with Crippen LogP contribution in [0.25, 0.3) is 0 Å². The number of rotatable bonds is 7. The summed E-state index contributed by atoms with van der Waals surface area (Å²) in [4.78, 5) is 2.09. The van der Waals surface area contributed by atoms with Crippen LogP contribution in [0, 0.1) is 5.82 Å². The summed E-state index contributed by atoms with van der Waals surface area (Å²) >= 11 is 0. The highest BCUT2D eigenvalue weighted by atomic mass is 19.1. The van der Waals surface area contributed by atoms with E-state index in [-0.39, 0.29) is 5.82 Å². The Morgan fingerprint density at radius 3 is 2.37 bits per heavy atom. The first-order chi connectivity index (χ1) is 9.01. The van der Waals surface area contributed by atoms with Gasteiger partial charge in [-0.25, -0.2) is 4.39 Å². The molecule has 1 N–H and O–H groups in total. The van der Waals surface area contributed by atoms with Gasteiger partial charge in [0, 0.05) is 25.7 Å². The van der Waals surface area contributed by atoms with Crippen molar-refractivity contribution in [3.63, 3.8) is 0 Å². The molecule has 108 valence electrons. The summed E-state index contributed by atoms with van der Waals surface area (Å²) in [5.41, 5.74) is 1.77. The molecule has 0 aliphatic rings. The average molecular weight is 266 g/mol. The third-order valence-corrected chi connectivity index (χ3v) is 3.61. The first kappa shape index (κ1) is 16.0. The maximum Gasteiger partial charge on any atom is 0.146 e. The van der Waals surface area contributed by atoms with Crippen LogP contribution in [-0.4, -0.2) is 19.1 Å². The molecule has 0 spiro atoms. The maximum atomic E-state index is 14.2. The zero-order chi connectivity index (χ0) is 14.4. The van der Waals surface area contributed by atoms with Crippen LogP contribution < -0.4 is 10.2 Å². The van der Waals surface area contributed by atoms with E-state index in [2.05, 4.69) is 37.9 Å². The van der Waals surface area contributed by atoms with Gasteiger partial charge in [-0.3, -0.25) is 0 Å². The molecule has 1 aromatic carbocycles. The van der Waals surface area contributed by atoms with E-state index in [4.69, 9.17) is 0 Å². The van der Waals surface area contributed by atoms with Gasteiger partial charge in [0.25, 0.3) is 0 Å². The van der Waals surface area contributed by atoms with E-state index in [0.717, 1.165) is 24.1 Å². The van der Waals surface area contributed by atoms with E-state index in [1.807, 2.05) is 13.1 Å². The van der Waals surface area contributed by atoms with Crippen molar-refractivity contribution in [1.82, 2.24) is 5.32 Å². The molecule has 0 heterocycles. The van der Waals surface area contributed by atoms with Crippen molar-refractivity contribution in [3.8, 4) is 0 Å². The van der Waals surface area contributed by atoms with Crippen molar-refractivity contribution in [3.05, 3.63) is 29.6 Å². The predicted octanol–water partition coefficient (Wildman–Crippen LogP) is 3.95. The second kappa shape index (κ2) is 7.49. The lowest BCUT2D eigenvalue weighted by Gasteiger charge is -2.31. The van der Waals surface area contributed by atoms with E-state index in [0.29, 0.717) is 18.6 Å². The second-order valence-corrected chi connectivity index (χ2v) is 5.36. The number of para-hydroxylation sites is 1. The van der Waals surface area contributed by atoms with Crippen molar-refractivity contribution in [2.24, 2.45) is 0 Å². The van der Waals surface area contributed by atoms with Crippen LogP contribution in [0.2, 0.25) is 0 Å². The fourth-order valence-corrected chi connectivity index (χ4v) is 2.43. The van der Waals surface area contributed by atoms with E-state index in [9.17, 15) is 4.39 Å². The quantitative estimate of drug-likeness (QED) is 0.804. The molecule has 3 heteroatoms. The fourth-order valence-electron chi connectivity index (χ4n) is 2.43. The van der Waals surface area contributed by atoms with Gasteiger partial charge in [0.2, 0.25) is 0 Å². The summed E-state index contributed by atoms with van der Waals surface area (Å²) in [6.07, 6.45) is 2.05. The molecule has 19 heavy (non-hydrogen) atoms. The number of nitrogens with one attached hydrogen (secondary N) is 1. The fraction of sp³-hybridized carbons (Fsp3) is 0.625. The molecular formula is C16H27FN2. The highest BCUT2D eigenvalue weighted by Gasteiger charge is 2.18. The monoisotopic (exact) mass is 266 g/mol. The molecule has 1 aromatic rings. The average Bonchev–Trinajstić information content (AvgIpc) is 2.37. The Morgan fingerprint density at radius 1 is 1.21 bits per heavy atom. The van der Waals surface area contributed by atoms with Gasteiger partial charge in [0.1, 0.15) is 5.82 Å². The van der Waals surface area contributed by atoms with E-state index < -0.39 is 0 Å². The zero-order valence-electron chi connectivity index (χ0n) is 12.8. The molecule has 0 fully saturated rings. The Hall–Kier alpha value is -1.09. The summed E-state index contributed by atoms with van der Waals surface area (Å²) in [6.45, 7) is 9.21. The minimum atomic E-state index is -0.127. The molecule has 0 saturated heterocycles. The maximum absolute atomic E-state index is 14.2. The lowest BCUT2D eigenvalue weighted by Crippen LogP contribution is -2.33. The van der Waals surface area contributed by atoms with E-state index in [1.54, 1.807) is 12.1 Å². The number of hydrogen-bond donors (Lipinski definition) is 1. The molecule has 0 aliphatic carbocycles. The lowest BCUT2D eigenvalue weighted by atomic mass is 10.1. The topological polar surface area (TPSA) is 15.3 Å². The predicted molar refractivity (Wildman–Crippen MR) is 81.1 cm³/mol. The Balaban J connectivity index is 3.02. The summed E-state index contributed by atoms with van der Waals surface area (Å²) in [5, 5.41) is 3.37. The van der Waals surface area contributed by atoms with Crippen LogP contribution >= 0.6 is 0 Å². The van der Waals surface area contributed by atoms with E-state index in [1.165, 1.54) is 0 Å². The Kier molecular flexibility index (Phi) is 6.29. The number of halogens is 1. The van der Waals surface area contributed by atoms with Crippen LogP contribution in [0.5, 0.6) is 0 Å². The third-order valence-electron chi connectivity index (χ3n) is 3.61. The summed E-state index contributed by atoms with van der Waals surface area (Å²) in [7, 11) is 1.99. The zero-order valence-corrected chi connectivity index (χ0v) is 12.8. The largest absolute Gasteiger partial charge is 0.369 e. The van der Waals surface area contributed by atoms with Crippen LogP contribution in [0.3, 0.4) is 0 Å². The normalized spacial score (nSPS) is 11.4. The highest BCUT2D eigenvalue weighted by Crippen LogP contribution is 2.27. The highest BCUT2D eigenvalue weighted by molar-refractivity contribution is 5.55. The molecule has 1 rings (SSSR count).